The summed E-state index contributed by atoms with van der Waals surface area (Å²) in [5, 5.41) is 26.5. The molecule has 1 unspecified atom stereocenters. The van der Waals surface area contributed by atoms with Crippen LogP contribution in [0.3, 0.4) is 0 Å². The van der Waals surface area contributed by atoms with E-state index in [9.17, 15) is 24.6 Å². The van der Waals surface area contributed by atoms with Gasteiger partial charge < -0.3 is 29.5 Å². The Morgan fingerprint density at radius 2 is 1.71 bits per heavy atom. The van der Waals surface area contributed by atoms with Gasteiger partial charge >= 0.3 is 0 Å². The summed E-state index contributed by atoms with van der Waals surface area (Å²) in [6, 6.07) is 22.8. The first kappa shape index (κ1) is 42.3. The Morgan fingerprint density at radius 3 is 2.42 bits per heavy atom. The van der Waals surface area contributed by atoms with Gasteiger partial charge in [0.25, 0.3) is 11.6 Å². The maximum absolute atomic E-state index is 13.9. The Morgan fingerprint density at radius 1 is 0.983 bits per heavy atom. The molecule has 4 aromatic carbocycles. The van der Waals surface area contributed by atoms with Crippen LogP contribution in [0, 0.1) is 22.5 Å². The van der Waals surface area contributed by atoms with Crippen molar-refractivity contribution in [2.24, 2.45) is 5.41 Å². The fourth-order valence-electron chi connectivity index (χ4n) is 8.18. The summed E-state index contributed by atoms with van der Waals surface area (Å²) in [5.74, 6) is -0.0394. The molecule has 312 valence electrons. The fraction of sp³-hybridized carbons (Fsp3) is 0.400. The van der Waals surface area contributed by atoms with Crippen LogP contribution in [0.4, 0.5) is 17.1 Å². The maximum atomic E-state index is 13.9. The monoisotopic (exact) mass is 840 g/mol. The van der Waals surface area contributed by atoms with Crippen LogP contribution in [-0.4, -0.2) is 89.2 Å². The van der Waals surface area contributed by atoms with E-state index < -0.39 is 22.2 Å². The number of rotatable bonds is 12. The molecular weight excluding hydrogens is 788 g/mol. The predicted octanol–water partition coefficient (Wildman–Crippen LogP) is 8.80. The highest BCUT2D eigenvalue weighted by molar-refractivity contribution is 7.90. The molecule has 1 amide bonds. The lowest BCUT2D eigenvalue weighted by atomic mass is 9.72. The highest BCUT2D eigenvalue weighted by Gasteiger charge is 2.31. The number of benzene rings is 4. The number of carbonyl (C=O) groups is 1. The van der Waals surface area contributed by atoms with E-state index in [1.807, 2.05) is 25.2 Å². The highest BCUT2D eigenvalue weighted by Crippen LogP contribution is 2.43. The van der Waals surface area contributed by atoms with Crippen LogP contribution in [-0.2, 0) is 11.4 Å². The standard InChI is InChI=1S/C45H53ClN6O6S/c1-30-41(53)6-5-7-42(30)58-43-26-35(51-24-22-50(23-25-51)29-32-16-19-45(2,3)28-38(32)31-8-10-33(46)11-9-31)12-14-37(43)44(54)48-59(57)36-13-15-39(40(27-36)52(55)56)47-34-17-20-49(4)21-18-34/h5-15,26-27,34,47,53H,16-25,28-29H2,1-4H3,(H,48,54). The van der Waals surface area contributed by atoms with Gasteiger partial charge in [-0.15, -0.1) is 0 Å². The zero-order valence-corrected chi connectivity index (χ0v) is 35.7. The largest absolute Gasteiger partial charge is 0.588 e. The number of allylic oxidation sites excluding steroid dienone is 1. The predicted molar refractivity (Wildman–Crippen MR) is 235 cm³/mol. The van der Waals surface area contributed by atoms with Gasteiger partial charge in [-0.2, -0.15) is 4.72 Å². The normalized spacial score (nSPS) is 18.4. The van der Waals surface area contributed by atoms with Crippen molar-refractivity contribution >= 4 is 51.5 Å². The third-order valence-electron chi connectivity index (χ3n) is 11.9. The summed E-state index contributed by atoms with van der Waals surface area (Å²) >= 11 is 4.12. The first-order valence-corrected chi connectivity index (χ1v) is 21.8. The van der Waals surface area contributed by atoms with E-state index in [1.165, 1.54) is 28.8 Å². The molecule has 12 nitrogen and oxygen atoms in total. The molecule has 1 atom stereocenters. The molecule has 2 saturated heterocycles. The van der Waals surface area contributed by atoms with Crippen molar-refractivity contribution in [3.05, 3.63) is 116 Å². The van der Waals surface area contributed by atoms with Crippen LogP contribution in [0.15, 0.2) is 89.3 Å². The number of phenols is 1. The van der Waals surface area contributed by atoms with Crippen molar-refractivity contribution < 1.29 is 24.1 Å². The van der Waals surface area contributed by atoms with E-state index in [4.69, 9.17) is 16.3 Å². The summed E-state index contributed by atoms with van der Waals surface area (Å²) in [4.78, 5) is 32.5. The van der Waals surface area contributed by atoms with Crippen LogP contribution in [0.1, 0.15) is 67.4 Å². The number of nitrogens with zero attached hydrogens (tertiary/aromatic N) is 4. The number of carbonyl (C=O) groups excluding carboxylic acids is 1. The number of nitrogens with one attached hydrogen (secondary N) is 2. The lowest BCUT2D eigenvalue weighted by Gasteiger charge is -2.39. The molecule has 3 N–H and O–H groups in total. The van der Waals surface area contributed by atoms with Crippen molar-refractivity contribution in [1.82, 2.24) is 14.5 Å². The Balaban J connectivity index is 1.07. The smallest absolute Gasteiger partial charge is 0.297 e. The molecule has 2 aliphatic heterocycles. The zero-order valence-electron chi connectivity index (χ0n) is 34.1. The number of aromatic hydroxyl groups is 1. The van der Waals surface area contributed by atoms with Crippen LogP contribution in [0.5, 0.6) is 17.2 Å². The number of phenolic OH excluding ortho intramolecular Hbond substituents is 1. The first-order chi connectivity index (χ1) is 28.2. The molecule has 3 aliphatic rings. The minimum atomic E-state index is -2.12. The molecule has 0 spiro atoms. The molecule has 0 bridgehead atoms. The summed E-state index contributed by atoms with van der Waals surface area (Å²) in [6.07, 6.45) is 4.94. The van der Waals surface area contributed by atoms with Crippen molar-refractivity contribution in [3.63, 3.8) is 0 Å². The van der Waals surface area contributed by atoms with E-state index in [0.717, 1.165) is 88.6 Å². The Bertz CT molecular complexity index is 2200. The number of piperazine rings is 1. The minimum Gasteiger partial charge on any atom is -0.588 e. The summed E-state index contributed by atoms with van der Waals surface area (Å²) in [6.45, 7) is 12.3. The first-order valence-electron chi connectivity index (χ1n) is 20.2. The van der Waals surface area contributed by atoms with Gasteiger partial charge in [-0.3, -0.25) is 19.8 Å². The molecule has 4 aromatic rings. The minimum absolute atomic E-state index is 0.0492. The van der Waals surface area contributed by atoms with Crippen molar-refractivity contribution in [3.8, 4) is 17.2 Å². The summed E-state index contributed by atoms with van der Waals surface area (Å²) < 4.78 is 22.4. The number of nitro benzene ring substituents is 1. The third kappa shape index (κ3) is 10.3. The van der Waals surface area contributed by atoms with Crippen molar-refractivity contribution in [1.29, 1.82) is 0 Å². The lowest BCUT2D eigenvalue weighted by Crippen LogP contribution is -2.47. The second-order valence-corrected chi connectivity index (χ2v) is 18.4. The number of nitro groups is 1. The number of anilines is 2. The number of hydrogen-bond donors (Lipinski definition) is 3. The van der Waals surface area contributed by atoms with Gasteiger partial charge in [0, 0.05) is 61.1 Å². The van der Waals surface area contributed by atoms with Gasteiger partial charge in [-0.25, -0.2) is 0 Å². The summed E-state index contributed by atoms with van der Waals surface area (Å²) in [5.41, 5.74) is 6.02. The second kappa shape index (κ2) is 18.2. The molecule has 0 aromatic heterocycles. The van der Waals surface area contributed by atoms with Gasteiger partial charge in [0.05, 0.1) is 16.6 Å². The molecule has 2 heterocycles. The number of hydrogen-bond acceptors (Lipinski definition) is 10. The van der Waals surface area contributed by atoms with E-state index in [0.29, 0.717) is 17.0 Å². The Hall–Kier alpha value is -4.79. The average molecular weight is 841 g/mol. The van der Waals surface area contributed by atoms with E-state index in [1.54, 1.807) is 43.3 Å². The zero-order chi connectivity index (χ0) is 41.8. The third-order valence-corrected chi connectivity index (χ3v) is 13.2. The van der Waals surface area contributed by atoms with Crippen LogP contribution >= 0.6 is 11.6 Å². The van der Waals surface area contributed by atoms with E-state index in [-0.39, 0.29) is 39.1 Å². The maximum Gasteiger partial charge on any atom is 0.297 e. The van der Waals surface area contributed by atoms with Gasteiger partial charge in [-0.1, -0.05) is 49.2 Å². The SMILES string of the molecule is Cc1c(O)cccc1Oc1cc(N2CCN(CC3=C(c4ccc(Cl)cc4)CC(C)(C)CC3)CC2)ccc1C(=O)N[S+]([O-])c1ccc(NC2CCN(C)CC2)c([N+](=O)[O-])c1. The molecular formula is C45H53ClN6O6S. The van der Waals surface area contributed by atoms with Gasteiger partial charge in [0.1, 0.15) is 34.3 Å². The molecule has 0 saturated carbocycles. The molecule has 0 radical (unpaired) electrons. The quantitative estimate of drug-likeness (QED) is 0.0719. The van der Waals surface area contributed by atoms with Crippen LogP contribution in [0.25, 0.3) is 5.57 Å². The second-order valence-electron chi connectivity index (χ2n) is 16.7. The number of piperidine rings is 1. The van der Waals surface area contributed by atoms with E-state index in [2.05, 4.69) is 50.7 Å². The van der Waals surface area contributed by atoms with Crippen molar-refractivity contribution in [2.45, 2.75) is 63.8 Å². The summed E-state index contributed by atoms with van der Waals surface area (Å²) in [7, 11) is 2.05. The Labute approximate surface area is 354 Å². The average Bonchev–Trinajstić information content (AvgIpc) is 3.21. The molecule has 7 rings (SSSR count). The molecule has 1 aliphatic carbocycles. The van der Waals surface area contributed by atoms with Gasteiger partial charge in [0.2, 0.25) is 0 Å². The molecule has 14 heteroatoms. The van der Waals surface area contributed by atoms with Gasteiger partial charge in [0.15, 0.2) is 4.90 Å². The molecule has 59 heavy (non-hydrogen) atoms. The number of likely N-dealkylation sites (tertiary alicyclic amines) is 1. The highest BCUT2D eigenvalue weighted by atomic mass is 35.5. The molecule has 2 fully saturated rings. The van der Waals surface area contributed by atoms with Crippen LogP contribution in [0.2, 0.25) is 5.02 Å². The number of ether oxygens (including phenoxy) is 1. The Kier molecular flexibility index (Phi) is 13.1. The number of halogens is 1. The van der Waals surface area contributed by atoms with Crippen LogP contribution < -0.4 is 19.7 Å². The van der Waals surface area contributed by atoms with Crippen molar-refractivity contribution in [2.75, 3.05) is 63.1 Å². The number of amides is 1. The lowest BCUT2D eigenvalue weighted by molar-refractivity contribution is -0.384. The fourth-order valence-corrected chi connectivity index (χ4v) is 9.11. The van der Waals surface area contributed by atoms with Gasteiger partial charge in [-0.05, 0) is 124 Å². The van der Waals surface area contributed by atoms with E-state index >= 15 is 0 Å². The topological polar surface area (TPSA) is 147 Å².